The summed E-state index contributed by atoms with van der Waals surface area (Å²) in [4.78, 5) is 12.5. The Kier molecular flexibility index (Phi) is 2.36. The minimum absolute atomic E-state index is 0.0341. The van der Waals surface area contributed by atoms with E-state index >= 15 is 0 Å². The highest BCUT2D eigenvalue weighted by Crippen LogP contribution is 2.67. The van der Waals surface area contributed by atoms with E-state index in [1.165, 1.54) is 0 Å². The molecule has 3 fully saturated rings. The summed E-state index contributed by atoms with van der Waals surface area (Å²) < 4.78 is 0. The molecule has 3 nitrogen and oxygen atoms in total. The highest BCUT2D eigenvalue weighted by atomic mass is 16.3. The van der Waals surface area contributed by atoms with Crippen molar-refractivity contribution in [2.75, 3.05) is 6.61 Å². The Bertz CT molecular complexity index is 403. The number of rotatable bonds is 1. The van der Waals surface area contributed by atoms with Crippen molar-refractivity contribution in [1.82, 2.24) is 0 Å². The van der Waals surface area contributed by atoms with Gasteiger partial charge in [-0.05, 0) is 49.4 Å². The largest absolute Gasteiger partial charge is 0.396 e. The Morgan fingerprint density at radius 1 is 1.28 bits per heavy atom. The Morgan fingerprint density at radius 3 is 2.44 bits per heavy atom. The maximum Gasteiger partial charge on any atom is 0.167 e. The van der Waals surface area contributed by atoms with Crippen LogP contribution in [0.2, 0.25) is 0 Å². The molecule has 0 heterocycles. The average Bonchev–Trinajstić information content (AvgIpc) is 2.63. The van der Waals surface area contributed by atoms with E-state index < -0.39 is 5.60 Å². The van der Waals surface area contributed by atoms with Crippen molar-refractivity contribution in [2.45, 2.75) is 52.1 Å². The standard InChI is InChI=1S/C15H24O3/c1-13(8-16)6-9-10(7-13)14(2)5-4-11(14)15(3,18)12(9)17/h9-11,16,18H,4-8H2,1-3H3. The van der Waals surface area contributed by atoms with Crippen LogP contribution >= 0.6 is 0 Å². The van der Waals surface area contributed by atoms with Gasteiger partial charge in [-0.25, -0.2) is 0 Å². The Hall–Kier alpha value is -0.410. The number of fused-ring (bicyclic) bond motifs is 3. The number of hydrogen-bond donors (Lipinski definition) is 2. The first kappa shape index (κ1) is 12.6. The van der Waals surface area contributed by atoms with E-state index in [2.05, 4.69) is 13.8 Å². The summed E-state index contributed by atoms with van der Waals surface area (Å²) in [6.45, 7) is 6.17. The van der Waals surface area contributed by atoms with Gasteiger partial charge in [0.25, 0.3) is 0 Å². The molecule has 3 heteroatoms. The van der Waals surface area contributed by atoms with Crippen molar-refractivity contribution in [3.63, 3.8) is 0 Å². The average molecular weight is 252 g/mol. The van der Waals surface area contributed by atoms with Gasteiger partial charge in [-0.1, -0.05) is 13.8 Å². The fourth-order valence-corrected chi connectivity index (χ4v) is 5.18. The van der Waals surface area contributed by atoms with Gasteiger partial charge in [0.1, 0.15) is 5.60 Å². The van der Waals surface area contributed by atoms with E-state index in [1.807, 2.05) is 0 Å². The molecule has 0 aliphatic heterocycles. The van der Waals surface area contributed by atoms with Crippen LogP contribution in [0.15, 0.2) is 0 Å². The molecule has 6 unspecified atom stereocenters. The predicted molar refractivity (Wildman–Crippen MR) is 67.9 cm³/mol. The van der Waals surface area contributed by atoms with Gasteiger partial charge in [0.05, 0.1) is 0 Å². The summed E-state index contributed by atoms with van der Waals surface area (Å²) >= 11 is 0. The van der Waals surface area contributed by atoms with Crippen LogP contribution in [0.1, 0.15) is 46.5 Å². The van der Waals surface area contributed by atoms with Crippen LogP contribution in [0.3, 0.4) is 0 Å². The third kappa shape index (κ3) is 1.30. The number of aliphatic hydroxyl groups excluding tert-OH is 1. The molecule has 0 bridgehead atoms. The smallest absolute Gasteiger partial charge is 0.167 e. The molecule has 0 aromatic heterocycles. The van der Waals surface area contributed by atoms with E-state index in [4.69, 9.17) is 0 Å². The maximum atomic E-state index is 12.5. The molecule has 3 aliphatic rings. The number of hydrogen-bond acceptors (Lipinski definition) is 3. The first-order chi connectivity index (χ1) is 8.24. The second-order valence-electron chi connectivity index (χ2n) is 7.70. The van der Waals surface area contributed by atoms with Crippen LogP contribution in [0.4, 0.5) is 0 Å². The second-order valence-corrected chi connectivity index (χ2v) is 7.70. The van der Waals surface area contributed by atoms with Crippen molar-refractivity contribution in [3.8, 4) is 0 Å². The monoisotopic (exact) mass is 252 g/mol. The molecule has 0 saturated heterocycles. The third-order valence-corrected chi connectivity index (χ3v) is 6.42. The van der Waals surface area contributed by atoms with Gasteiger partial charge in [0.15, 0.2) is 5.78 Å². The summed E-state index contributed by atoms with van der Waals surface area (Å²) in [6, 6.07) is 0. The zero-order chi connectivity index (χ0) is 13.3. The van der Waals surface area contributed by atoms with E-state index in [0.29, 0.717) is 5.92 Å². The van der Waals surface area contributed by atoms with E-state index in [0.717, 1.165) is 25.7 Å². The molecule has 0 radical (unpaired) electrons. The fraction of sp³-hybridized carbons (Fsp3) is 0.933. The highest BCUT2D eigenvalue weighted by Gasteiger charge is 2.68. The molecule has 3 aliphatic carbocycles. The number of carbonyl (C=O) groups excluding carboxylic acids is 1. The second kappa shape index (κ2) is 3.37. The van der Waals surface area contributed by atoms with Crippen LogP contribution in [0, 0.1) is 28.6 Å². The molecule has 2 N–H and O–H groups in total. The zero-order valence-corrected chi connectivity index (χ0v) is 11.6. The molecule has 0 amide bonds. The van der Waals surface area contributed by atoms with Gasteiger partial charge in [-0.2, -0.15) is 0 Å². The van der Waals surface area contributed by atoms with Gasteiger partial charge >= 0.3 is 0 Å². The molecule has 102 valence electrons. The lowest BCUT2D eigenvalue weighted by Crippen LogP contribution is -2.65. The van der Waals surface area contributed by atoms with Crippen molar-refractivity contribution in [3.05, 3.63) is 0 Å². The van der Waals surface area contributed by atoms with Crippen LogP contribution in [-0.4, -0.2) is 28.2 Å². The van der Waals surface area contributed by atoms with Gasteiger partial charge in [0, 0.05) is 18.4 Å². The van der Waals surface area contributed by atoms with Gasteiger partial charge in [-0.15, -0.1) is 0 Å². The molecule has 6 atom stereocenters. The lowest BCUT2D eigenvalue weighted by atomic mass is 9.44. The van der Waals surface area contributed by atoms with Gasteiger partial charge in [-0.3, -0.25) is 4.79 Å². The summed E-state index contributed by atoms with van der Waals surface area (Å²) in [7, 11) is 0. The van der Waals surface area contributed by atoms with Gasteiger partial charge < -0.3 is 10.2 Å². The fourth-order valence-electron chi connectivity index (χ4n) is 5.18. The summed E-state index contributed by atoms with van der Waals surface area (Å²) in [6.07, 6.45) is 3.76. The van der Waals surface area contributed by atoms with E-state index in [-0.39, 0.29) is 35.1 Å². The van der Waals surface area contributed by atoms with Crippen molar-refractivity contribution >= 4 is 5.78 Å². The molecule has 3 rings (SSSR count). The number of ketones is 1. The SMILES string of the molecule is CC1(CO)CC2C(=O)C(C)(O)C3CCC3(C)C2C1. The lowest BCUT2D eigenvalue weighted by Gasteiger charge is -2.61. The summed E-state index contributed by atoms with van der Waals surface area (Å²) in [5.74, 6) is 0.478. The molecule has 0 spiro atoms. The Labute approximate surface area is 109 Å². The predicted octanol–water partition coefficient (Wildman–Crippen LogP) is 1.76. The molecule has 18 heavy (non-hydrogen) atoms. The van der Waals surface area contributed by atoms with Crippen LogP contribution < -0.4 is 0 Å². The minimum atomic E-state index is -1.14. The maximum absolute atomic E-state index is 12.5. The lowest BCUT2D eigenvalue weighted by molar-refractivity contribution is -0.196. The molecule has 3 saturated carbocycles. The normalized spacial score (nSPS) is 58.9. The molecular formula is C15H24O3. The topological polar surface area (TPSA) is 57.5 Å². The Morgan fingerprint density at radius 2 is 1.94 bits per heavy atom. The molecule has 0 aromatic rings. The number of carbonyl (C=O) groups is 1. The third-order valence-electron chi connectivity index (χ3n) is 6.42. The first-order valence-corrected chi connectivity index (χ1v) is 7.12. The van der Waals surface area contributed by atoms with Crippen LogP contribution in [0.5, 0.6) is 0 Å². The van der Waals surface area contributed by atoms with Crippen LogP contribution in [-0.2, 0) is 4.79 Å². The zero-order valence-electron chi connectivity index (χ0n) is 11.6. The first-order valence-electron chi connectivity index (χ1n) is 7.12. The molecule has 0 aromatic carbocycles. The summed E-state index contributed by atoms with van der Waals surface area (Å²) in [5.41, 5.74) is -1.17. The van der Waals surface area contributed by atoms with Crippen molar-refractivity contribution in [1.29, 1.82) is 0 Å². The summed E-state index contributed by atoms with van der Waals surface area (Å²) in [5, 5.41) is 20.1. The van der Waals surface area contributed by atoms with Crippen molar-refractivity contribution in [2.24, 2.45) is 28.6 Å². The molecular weight excluding hydrogens is 228 g/mol. The van der Waals surface area contributed by atoms with Crippen molar-refractivity contribution < 1.29 is 15.0 Å². The Balaban J connectivity index is 2.00. The van der Waals surface area contributed by atoms with E-state index in [1.54, 1.807) is 6.92 Å². The quantitative estimate of drug-likeness (QED) is 0.747. The number of Topliss-reactive ketones (excluding diaryl/α,β-unsaturated/α-hetero) is 1. The van der Waals surface area contributed by atoms with Crippen LogP contribution in [0.25, 0.3) is 0 Å². The minimum Gasteiger partial charge on any atom is -0.396 e. The van der Waals surface area contributed by atoms with Gasteiger partial charge in [0.2, 0.25) is 0 Å². The highest BCUT2D eigenvalue weighted by molar-refractivity contribution is 5.91. The number of aliphatic hydroxyl groups is 2. The van der Waals surface area contributed by atoms with E-state index in [9.17, 15) is 15.0 Å².